The Hall–Kier alpha value is -4.90. The van der Waals surface area contributed by atoms with Gasteiger partial charge in [0.1, 0.15) is 0 Å². The third kappa shape index (κ3) is 6.98. The van der Waals surface area contributed by atoms with E-state index in [1.165, 1.54) is 17.3 Å². The predicted molar refractivity (Wildman–Crippen MR) is 211 cm³/mol. The summed E-state index contributed by atoms with van der Waals surface area (Å²) in [5.74, 6) is 0.315. The first-order valence-electron chi connectivity index (χ1n) is 20.7. The van der Waals surface area contributed by atoms with Crippen LogP contribution in [0, 0.1) is 25.8 Å². The van der Waals surface area contributed by atoms with Crippen molar-refractivity contribution in [2.45, 2.75) is 73.0 Å². The van der Waals surface area contributed by atoms with Gasteiger partial charge in [0.05, 0.1) is 22.4 Å². The van der Waals surface area contributed by atoms with E-state index in [0.717, 1.165) is 38.9 Å². The van der Waals surface area contributed by atoms with Crippen molar-refractivity contribution in [1.29, 1.82) is 0 Å². The van der Waals surface area contributed by atoms with Gasteiger partial charge in [-0.1, -0.05) is 88.9 Å². The Labute approximate surface area is 330 Å². The summed E-state index contributed by atoms with van der Waals surface area (Å²) < 4.78 is 62.7. The molecule has 0 N–H and O–H groups in total. The maximum Gasteiger partial charge on any atom is 0.216 e. The first kappa shape index (κ1) is 28.7. The number of hydrogen-bond acceptors (Lipinski definition) is 4. The number of fused-ring (bicyclic) bond motifs is 4. The van der Waals surface area contributed by atoms with Gasteiger partial charge in [-0.15, -0.1) is 54.1 Å². The first-order valence-corrected chi connectivity index (χ1v) is 17.2. The second-order valence-corrected chi connectivity index (χ2v) is 13.5. The average Bonchev–Trinajstić information content (AvgIpc) is 3.75. The Morgan fingerprint density at radius 3 is 2.21 bits per heavy atom. The van der Waals surface area contributed by atoms with Crippen LogP contribution in [0.3, 0.4) is 0 Å². The molecule has 1 radical (unpaired) electrons. The fraction of sp³-hybridized carbons (Fsp3) is 0.239. The molecular weight excluding hydrogens is 817 g/mol. The smallest absolute Gasteiger partial charge is 0.216 e. The summed E-state index contributed by atoms with van der Waals surface area (Å²) in [7, 11) is 0. The Balaban J connectivity index is 0.000000236. The molecule has 0 aliphatic rings. The molecular formula is C46H44IrN4O-2. The van der Waals surface area contributed by atoms with E-state index >= 15 is 0 Å². The number of rotatable bonds is 6. The molecule has 0 unspecified atom stereocenters. The normalized spacial score (nSPS) is 14.1. The summed E-state index contributed by atoms with van der Waals surface area (Å²) in [6.07, 6.45) is 1.36. The average molecular weight is 868 g/mol. The fourth-order valence-corrected chi connectivity index (χ4v) is 6.55. The minimum atomic E-state index is -2.32. The van der Waals surface area contributed by atoms with E-state index < -0.39 is 19.6 Å². The van der Waals surface area contributed by atoms with Crippen LogP contribution in [0.25, 0.3) is 61.4 Å². The van der Waals surface area contributed by atoms with E-state index in [9.17, 15) is 0 Å². The monoisotopic (exact) mass is 868 g/mol. The molecule has 0 aliphatic carbocycles. The van der Waals surface area contributed by atoms with Crippen LogP contribution < -0.4 is 0 Å². The molecule has 0 fully saturated rings. The zero-order valence-electron chi connectivity index (χ0n) is 37.0. The maximum atomic E-state index is 8.16. The largest absolute Gasteiger partial charge is 0.486 e. The molecule has 0 amide bonds. The minimum absolute atomic E-state index is 0. The Morgan fingerprint density at radius 2 is 1.52 bits per heavy atom. The first-order chi connectivity index (χ1) is 27.3. The van der Waals surface area contributed by atoms with Crippen LogP contribution in [0.2, 0.25) is 0 Å². The number of aryl methyl sites for hydroxylation is 2. The number of furan rings is 1. The SMILES string of the molecule is [2H]C([2H])([2H])c1ccc2c(n1)oc1c(-c3nc4ccccc4n3-c3c(C(C)C)cccc3C(C)C)[c-]ccc12.[2H]C([2H])([2H])c1cnc(-c2[c-]cccc2)cc1C([2H])(C)C.[Ir]. The van der Waals surface area contributed by atoms with E-state index in [4.69, 9.17) is 19.0 Å². The number of pyridine rings is 2. The third-order valence-electron chi connectivity index (χ3n) is 9.08. The zero-order chi connectivity index (χ0) is 41.7. The van der Waals surface area contributed by atoms with Crippen molar-refractivity contribution in [1.82, 2.24) is 19.5 Å². The molecule has 6 heteroatoms. The Morgan fingerprint density at radius 1 is 0.750 bits per heavy atom. The number of nitrogens with zero attached hydrogens (tertiary/aromatic N) is 4. The number of hydrogen-bond donors (Lipinski definition) is 0. The number of para-hydroxylation sites is 3. The van der Waals surface area contributed by atoms with Crippen molar-refractivity contribution in [2.75, 3.05) is 0 Å². The molecule has 265 valence electrons. The number of aromatic nitrogens is 4. The Kier molecular flexibility index (Phi) is 8.47. The summed E-state index contributed by atoms with van der Waals surface area (Å²) in [5.41, 5.74) is 9.11. The summed E-state index contributed by atoms with van der Waals surface area (Å²) in [4.78, 5) is 13.7. The summed E-state index contributed by atoms with van der Waals surface area (Å²) in [6, 6.07) is 37.2. The molecule has 52 heavy (non-hydrogen) atoms. The molecule has 4 aromatic heterocycles. The van der Waals surface area contributed by atoms with Crippen LogP contribution >= 0.6 is 0 Å². The Bertz CT molecular complexity index is 2740. The molecule has 0 saturated heterocycles. The standard InChI is InChI=1S/C31H28N3O.C15H16N.Ir/c1-18(2)21-10-8-11-22(19(3)4)28(21)34-27-15-7-6-14-26(27)33-30(34)25-13-9-12-23-24-17-16-20(5)32-31(24)35-29(23)25;1-11(2)14-9-15(16-10-12(14)3)13-7-5-4-6-8-13;/h6-12,14-19H,1-5H3;4-7,9-11H,1-3H3;/q2*-1;/i5D3;3D3,11D;. The van der Waals surface area contributed by atoms with Crippen molar-refractivity contribution in [3.63, 3.8) is 0 Å². The van der Waals surface area contributed by atoms with E-state index in [-0.39, 0.29) is 31.4 Å². The van der Waals surface area contributed by atoms with Gasteiger partial charge in [0.15, 0.2) is 0 Å². The predicted octanol–water partition coefficient (Wildman–Crippen LogP) is 12.3. The molecule has 8 aromatic rings. The molecule has 8 rings (SSSR count). The topological polar surface area (TPSA) is 56.7 Å². The van der Waals surface area contributed by atoms with Crippen molar-refractivity contribution < 1.29 is 34.1 Å². The number of benzene rings is 4. The third-order valence-corrected chi connectivity index (χ3v) is 9.08. The van der Waals surface area contributed by atoms with Crippen LogP contribution in [0.1, 0.15) is 96.8 Å². The van der Waals surface area contributed by atoms with Crippen molar-refractivity contribution in [2.24, 2.45) is 0 Å². The van der Waals surface area contributed by atoms with Crippen molar-refractivity contribution in [3.05, 3.63) is 143 Å². The number of imidazole rings is 1. The van der Waals surface area contributed by atoms with Crippen LogP contribution in [0.4, 0.5) is 0 Å². The molecule has 0 aliphatic heterocycles. The quantitative estimate of drug-likeness (QED) is 0.156. The second-order valence-electron chi connectivity index (χ2n) is 13.5. The molecule has 0 atom stereocenters. The van der Waals surface area contributed by atoms with Crippen LogP contribution in [0.15, 0.2) is 108 Å². The second kappa shape index (κ2) is 15.4. The van der Waals surface area contributed by atoms with E-state index in [1.54, 1.807) is 38.1 Å². The molecule has 5 nitrogen and oxygen atoms in total. The van der Waals surface area contributed by atoms with Crippen LogP contribution in [-0.4, -0.2) is 19.5 Å². The molecule has 4 aromatic carbocycles. The van der Waals surface area contributed by atoms with Gasteiger partial charge >= 0.3 is 0 Å². The van der Waals surface area contributed by atoms with Gasteiger partial charge in [-0.05, 0) is 83.6 Å². The molecule has 0 saturated carbocycles. The maximum absolute atomic E-state index is 8.16. The van der Waals surface area contributed by atoms with E-state index in [0.29, 0.717) is 40.0 Å². The summed E-state index contributed by atoms with van der Waals surface area (Å²) >= 11 is 0. The summed E-state index contributed by atoms with van der Waals surface area (Å²) in [6.45, 7) is 7.61. The van der Waals surface area contributed by atoms with E-state index in [1.807, 2.05) is 48.5 Å². The zero-order valence-corrected chi connectivity index (χ0v) is 32.4. The van der Waals surface area contributed by atoms with Gasteiger partial charge in [-0.25, -0.2) is 4.98 Å². The van der Waals surface area contributed by atoms with Gasteiger partial charge in [0.25, 0.3) is 0 Å². The van der Waals surface area contributed by atoms with Gasteiger partial charge in [0.2, 0.25) is 5.71 Å². The van der Waals surface area contributed by atoms with Crippen LogP contribution in [0.5, 0.6) is 0 Å². The molecule has 0 bridgehead atoms. The van der Waals surface area contributed by atoms with Gasteiger partial charge in [-0.2, -0.15) is 0 Å². The van der Waals surface area contributed by atoms with Crippen LogP contribution in [-0.2, 0) is 20.1 Å². The van der Waals surface area contributed by atoms with Gasteiger partial charge in [-0.3, -0.25) is 4.98 Å². The van der Waals surface area contributed by atoms with Crippen molar-refractivity contribution >= 4 is 33.1 Å². The minimum Gasteiger partial charge on any atom is -0.486 e. The van der Waals surface area contributed by atoms with Gasteiger partial charge < -0.3 is 14.0 Å². The fourth-order valence-electron chi connectivity index (χ4n) is 6.55. The molecule has 0 spiro atoms. The van der Waals surface area contributed by atoms with E-state index in [2.05, 4.69) is 78.6 Å². The summed E-state index contributed by atoms with van der Waals surface area (Å²) in [5, 5.41) is 1.61. The van der Waals surface area contributed by atoms with Crippen molar-refractivity contribution in [3.8, 4) is 28.3 Å². The molecule has 4 heterocycles. The van der Waals surface area contributed by atoms with Gasteiger partial charge in [0, 0.05) is 52.7 Å².